The largest absolute Gasteiger partial charge is 0.234 e. The third-order valence-electron chi connectivity index (χ3n) is 3.97. The van der Waals surface area contributed by atoms with Crippen molar-refractivity contribution in [3.8, 4) is 0 Å². The highest BCUT2D eigenvalue weighted by atomic mass is 16.1. The smallest absolute Gasteiger partial charge is 0.211 e. The molecule has 0 atom stereocenters. The molecule has 2 nitrogen and oxygen atoms in total. The van der Waals surface area contributed by atoms with Crippen molar-refractivity contribution < 1.29 is 4.79 Å². The first-order valence-electron chi connectivity index (χ1n) is 6.38. The average molecular weight is 229 g/mol. The summed E-state index contributed by atoms with van der Waals surface area (Å²) in [6.07, 6.45) is 7.77. The number of rotatable bonds is 3. The molecule has 0 aliphatic heterocycles. The molecule has 0 radical (unpaired) electrons. The summed E-state index contributed by atoms with van der Waals surface area (Å²) in [4.78, 5) is 14.3. The van der Waals surface area contributed by atoms with Crippen LogP contribution in [0.2, 0.25) is 0 Å². The zero-order valence-electron chi connectivity index (χ0n) is 10.4. The van der Waals surface area contributed by atoms with E-state index in [-0.39, 0.29) is 5.41 Å². The molecule has 2 rings (SSSR count). The summed E-state index contributed by atoms with van der Waals surface area (Å²) < 4.78 is 0. The monoisotopic (exact) mass is 229 g/mol. The minimum atomic E-state index is 0.0843. The third-order valence-corrected chi connectivity index (χ3v) is 3.97. The number of hydrogen-bond donors (Lipinski definition) is 0. The lowest BCUT2D eigenvalue weighted by Crippen LogP contribution is -2.33. The Labute approximate surface area is 103 Å². The Kier molecular flexibility index (Phi) is 3.75. The zero-order chi connectivity index (χ0) is 12.1. The second kappa shape index (κ2) is 5.29. The van der Waals surface area contributed by atoms with Crippen LogP contribution in [0.4, 0.5) is 0 Å². The molecule has 0 aromatic heterocycles. The summed E-state index contributed by atoms with van der Waals surface area (Å²) in [5, 5.41) is 0. The molecular weight excluding hydrogens is 210 g/mol. The molecule has 1 aromatic rings. The first kappa shape index (κ1) is 12.1. The number of nitrogens with zero attached hydrogens (tertiary/aromatic N) is 1. The third kappa shape index (κ3) is 2.48. The van der Waals surface area contributed by atoms with Gasteiger partial charge in [-0.15, -0.1) is 0 Å². The van der Waals surface area contributed by atoms with Crippen molar-refractivity contribution in [1.29, 1.82) is 0 Å². The average Bonchev–Trinajstić information content (AvgIpc) is 2.38. The van der Waals surface area contributed by atoms with Crippen molar-refractivity contribution in [3.63, 3.8) is 0 Å². The molecule has 2 heteroatoms. The van der Waals surface area contributed by atoms with Gasteiger partial charge in [0.1, 0.15) is 0 Å². The Bertz CT molecular complexity index is 426. The lowest BCUT2D eigenvalue weighted by atomic mass is 9.68. The van der Waals surface area contributed by atoms with E-state index in [0.29, 0.717) is 6.54 Å². The van der Waals surface area contributed by atoms with Gasteiger partial charge in [-0.3, -0.25) is 0 Å². The number of aryl methyl sites for hydroxylation is 1. The fourth-order valence-electron chi connectivity index (χ4n) is 3.09. The van der Waals surface area contributed by atoms with Crippen molar-refractivity contribution in [1.82, 2.24) is 0 Å². The van der Waals surface area contributed by atoms with Crippen LogP contribution in [0, 0.1) is 6.92 Å². The molecule has 0 amide bonds. The first-order valence-corrected chi connectivity index (χ1v) is 6.38. The molecule has 0 N–H and O–H groups in total. The minimum absolute atomic E-state index is 0.0843. The van der Waals surface area contributed by atoms with Crippen LogP contribution >= 0.6 is 0 Å². The van der Waals surface area contributed by atoms with Crippen molar-refractivity contribution in [2.24, 2.45) is 4.99 Å². The van der Waals surface area contributed by atoms with Gasteiger partial charge in [-0.2, -0.15) is 0 Å². The van der Waals surface area contributed by atoms with Crippen molar-refractivity contribution >= 4 is 6.08 Å². The summed E-state index contributed by atoms with van der Waals surface area (Å²) >= 11 is 0. The van der Waals surface area contributed by atoms with Crippen LogP contribution in [0.3, 0.4) is 0 Å². The Morgan fingerprint density at radius 2 is 1.94 bits per heavy atom. The molecule has 0 saturated heterocycles. The van der Waals surface area contributed by atoms with E-state index in [4.69, 9.17) is 0 Å². The molecule has 0 bridgehead atoms. The van der Waals surface area contributed by atoms with Gasteiger partial charge in [-0.25, -0.2) is 9.79 Å². The molecule has 0 heterocycles. The van der Waals surface area contributed by atoms with E-state index in [1.807, 2.05) is 0 Å². The van der Waals surface area contributed by atoms with E-state index in [0.717, 1.165) is 12.8 Å². The van der Waals surface area contributed by atoms with Crippen molar-refractivity contribution in [2.75, 3.05) is 6.54 Å². The number of benzene rings is 1. The number of hydrogen-bond acceptors (Lipinski definition) is 2. The van der Waals surface area contributed by atoms with Crippen molar-refractivity contribution in [2.45, 2.75) is 44.4 Å². The second-order valence-corrected chi connectivity index (χ2v) is 5.06. The van der Waals surface area contributed by atoms with E-state index >= 15 is 0 Å². The summed E-state index contributed by atoms with van der Waals surface area (Å²) in [7, 11) is 0. The van der Waals surface area contributed by atoms with Gasteiger partial charge in [0.05, 0.1) is 6.54 Å². The number of isocyanates is 1. The van der Waals surface area contributed by atoms with Gasteiger partial charge in [0.15, 0.2) is 0 Å². The normalized spacial score (nSPS) is 18.4. The van der Waals surface area contributed by atoms with Crippen LogP contribution < -0.4 is 0 Å². The Morgan fingerprint density at radius 1 is 1.24 bits per heavy atom. The van der Waals surface area contributed by atoms with Gasteiger partial charge in [0.2, 0.25) is 6.08 Å². The fraction of sp³-hybridized carbons (Fsp3) is 0.533. The quantitative estimate of drug-likeness (QED) is 0.576. The van der Waals surface area contributed by atoms with Crippen LogP contribution in [0.1, 0.15) is 43.2 Å². The highest BCUT2D eigenvalue weighted by Gasteiger charge is 2.34. The van der Waals surface area contributed by atoms with Gasteiger partial charge < -0.3 is 0 Å². The zero-order valence-corrected chi connectivity index (χ0v) is 10.4. The maximum atomic E-state index is 10.4. The molecular formula is C15H19NO. The molecule has 1 aliphatic carbocycles. The van der Waals surface area contributed by atoms with Gasteiger partial charge in [0.25, 0.3) is 0 Å². The standard InChI is InChI=1S/C15H19NO/c1-13-7-3-4-8-14(13)15(11-16-12-17)9-5-2-6-10-15/h3-4,7-8H,2,5-6,9-11H2,1H3. The molecule has 1 aliphatic rings. The maximum absolute atomic E-state index is 10.4. The summed E-state index contributed by atoms with van der Waals surface area (Å²) in [6, 6.07) is 8.50. The van der Waals surface area contributed by atoms with E-state index < -0.39 is 0 Å². The summed E-state index contributed by atoms with van der Waals surface area (Å²) in [6.45, 7) is 2.75. The van der Waals surface area contributed by atoms with Crippen LogP contribution in [-0.4, -0.2) is 12.6 Å². The number of carbonyl (C=O) groups excluding carboxylic acids is 1. The van der Waals surface area contributed by atoms with E-state index in [1.54, 1.807) is 6.08 Å². The van der Waals surface area contributed by atoms with E-state index in [9.17, 15) is 4.79 Å². The second-order valence-electron chi connectivity index (χ2n) is 5.06. The van der Waals surface area contributed by atoms with Gasteiger partial charge >= 0.3 is 0 Å². The Morgan fingerprint density at radius 3 is 2.59 bits per heavy atom. The van der Waals surface area contributed by atoms with E-state index in [2.05, 4.69) is 36.2 Å². The van der Waals surface area contributed by atoms with Crippen molar-refractivity contribution in [3.05, 3.63) is 35.4 Å². The Balaban J connectivity index is 2.38. The molecule has 1 aromatic carbocycles. The number of aliphatic imine (C=N–C) groups is 1. The first-order chi connectivity index (χ1) is 8.28. The molecule has 0 unspecified atom stereocenters. The highest BCUT2D eigenvalue weighted by molar-refractivity contribution is 5.37. The fourth-order valence-corrected chi connectivity index (χ4v) is 3.09. The minimum Gasteiger partial charge on any atom is -0.211 e. The van der Waals surface area contributed by atoms with E-state index in [1.165, 1.54) is 30.4 Å². The van der Waals surface area contributed by atoms with Gasteiger partial charge in [0, 0.05) is 5.41 Å². The maximum Gasteiger partial charge on any atom is 0.234 e. The topological polar surface area (TPSA) is 29.4 Å². The molecule has 90 valence electrons. The SMILES string of the molecule is Cc1ccccc1C1(CN=C=O)CCCCC1. The van der Waals surface area contributed by atoms with Crippen LogP contribution in [0.15, 0.2) is 29.3 Å². The van der Waals surface area contributed by atoms with Gasteiger partial charge in [-0.1, -0.05) is 43.5 Å². The highest BCUT2D eigenvalue weighted by Crippen LogP contribution is 2.40. The lowest BCUT2D eigenvalue weighted by molar-refractivity contribution is 0.300. The molecule has 17 heavy (non-hydrogen) atoms. The predicted molar refractivity (Wildman–Crippen MR) is 68.9 cm³/mol. The molecule has 1 fully saturated rings. The van der Waals surface area contributed by atoms with Gasteiger partial charge in [-0.05, 0) is 30.9 Å². The van der Waals surface area contributed by atoms with Crippen LogP contribution in [0.25, 0.3) is 0 Å². The van der Waals surface area contributed by atoms with Crippen LogP contribution in [-0.2, 0) is 10.2 Å². The predicted octanol–water partition coefficient (Wildman–Crippen LogP) is 3.53. The summed E-state index contributed by atoms with van der Waals surface area (Å²) in [5.74, 6) is 0. The molecule has 1 saturated carbocycles. The van der Waals surface area contributed by atoms with Crippen LogP contribution in [0.5, 0.6) is 0 Å². The molecule has 0 spiro atoms. The lowest BCUT2D eigenvalue weighted by Gasteiger charge is -2.37. The summed E-state index contributed by atoms with van der Waals surface area (Å²) in [5.41, 5.74) is 2.77. The Hall–Kier alpha value is -1.40.